The second-order valence-corrected chi connectivity index (χ2v) is 7.40. The SMILES string of the molecule is CC(C)(C)c1ccc(C(=O)CC(=Cc2cccs2)C(=O)O)cc1. The van der Waals surface area contributed by atoms with Gasteiger partial charge in [-0.3, -0.25) is 4.79 Å². The van der Waals surface area contributed by atoms with E-state index in [1.165, 1.54) is 11.3 Å². The first-order chi connectivity index (χ1) is 10.8. The summed E-state index contributed by atoms with van der Waals surface area (Å²) in [6, 6.07) is 11.1. The highest BCUT2D eigenvalue weighted by Crippen LogP contribution is 2.23. The van der Waals surface area contributed by atoms with Crippen LogP contribution >= 0.6 is 11.3 Å². The van der Waals surface area contributed by atoms with Crippen LogP contribution in [0.3, 0.4) is 0 Å². The molecule has 23 heavy (non-hydrogen) atoms. The minimum absolute atomic E-state index is 0.0207. The van der Waals surface area contributed by atoms with Gasteiger partial charge in [0, 0.05) is 22.4 Å². The molecule has 0 bridgehead atoms. The molecule has 0 unspecified atom stereocenters. The van der Waals surface area contributed by atoms with E-state index >= 15 is 0 Å². The molecule has 0 saturated heterocycles. The average Bonchev–Trinajstić information content (AvgIpc) is 2.98. The molecule has 2 rings (SSSR count). The van der Waals surface area contributed by atoms with Gasteiger partial charge in [0.15, 0.2) is 5.78 Å². The highest BCUT2D eigenvalue weighted by molar-refractivity contribution is 7.10. The number of hydrogen-bond acceptors (Lipinski definition) is 3. The number of carbonyl (C=O) groups excluding carboxylic acids is 1. The van der Waals surface area contributed by atoms with Gasteiger partial charge in [-0.1, -0.05) is 51.1 Å². The van der Waals surface area contributed by atoms with E-state index in [2.05, 4.69) is 20.8 Å². The fourth-order valence-corrected chi connectivity index (χ4v) is 2.85. The second-order valence-electron chi connectivity index (χ2n) is 6.42. The molecule has 1 aromatic heterocycles. The van der Waals surface area contributed by atoms with Gasteiger partial charge in [0.2, 0.25) is 0 Å². The van der Waals surface area contributed by atoms with Crippen molar-refractivity contribution in [2.24, 2.45) is 0 Å². The van der Waals surface area contributed by atoms with Gasteiger partial charge in [-0.2, -0.15) is 0 Å². The lowest BCUT2D eigenvalue weighted by atomic mass is 9.86. The molecule has 0 amide bonds. The predicted octanol–water partition coefficient (Wildman–Crippen LogP) is 4.79. The van der Waals surface area contributed by atoms with Crippen LogP contribution in [0.4, 0.5) is 0 Å². The number of ketones is 1. The van der Waals surface area contributed by atoms with E-state index in [1.54, 1.807) is 18.2 Å². The number of Topliss-reactive ketones (excluding diaryl/α,β-unsaturated/α-hetero) is 1. The van der Waals surface area contributed by atoms with Crippen molar-refractivity contribution in [2.45, 2.75) is 32.6 Å². The van der Waals surface area contributed by atoms with Crippen LogP contribution in [-0.2, 0) is 10.2 Å². The van der Waals surface area contributed by atoms with Crippen LogP contribution < -0.4 is 0 Å². The van der Waals surface area contributed by atoms with Gasteiger partial charge in [0.05, 0.1) is 0 Å². The van der Waals surface area contributed by atoms with E-state index in [1.807, 2.05) is 29.6 Å². The number of hydrogen-bond donors (Lipinski definition) is 1. The standard InChI is InChI=1S/C19H20O3S/c1-19(2,3)15-8-6-13(7-9-15)17(20)12-14(18(21)22)11-16-5-4-10-23-16/h4-11H,12H2,1-3H3,(H,21,22). The zero-order valence-electron chi connectivity index (χ0n) is 13.5. The Morgan fingerprint density at radius 3 is 2.26 bits per heavy atom. The minimum atomic E-state index is -1.06. The second kappa shape index (κ2) is 6.92. The molecule has 1 aromatic carbocycles. The molecule has 0 radical (unpaired) electrons. The van der Waals surface area contributed by atoms with Crippen molar-refractivity contribution in [3.63, 3.8) is 0 Å². The van der Waals surface area contributed by atoms with Crippen molar-refractivity contribution >= 4 is 29.2 Å². The summed E-state index contributed by atoms with van der Waals surface area (Å²) in [6.07, 6.45) is 1.45. The lowest BCUT2D eigenvalue weighted by Gasteiger charge is -2.19. The monoisotopic (exact) mass is 328 g/mol. The van der Waals surface area contributed by atoms with Gasteiger partial charge in [-0.25, -0.2) is 4.79 Å². The molecule has 0 saturated carbocycles. The third-order valence-corrected chi connectivity index (χ3v) is 4.38. The minimum Gasteiger partial charge on any atom is -0.478 e. The molecular formula is C19H20O3S. The van der Waals surface area contributed by atoms with E-state index in [0.29, 0.717) is 5.56 Å². The maximum Gasteiger partial charge on any atom is 0.332 e. The van der Waals surface area contributed by atoms with E-state index in [0.717, 1.165) is 10.4 Å². The van der Waals surface area contributed by atoms with E-state index in [-0.39, 0.29) is 23.2 Å². The summed E-state index contributed by atoms with van der Waals surface area (Å²) in [5.41, 5.74) is 1.81. The summed E-state index contributed by atoms with van der Waals surface area (Å²) in [4.78, 5) is 24.5. The van der Waals surface area contributed by atoms with Crippen LogP contribution in [-0.4, -0.2) is 16.9 Å². The van der Waals surface area contributed by atoms with Crippen molar-refractivity contribution < 1.29 is 14.7 Å². The van der Waals surface area contributed by atoms with E-state index in [4.69, 9.17) is 0 Å². The van der Waals surface area contributed by atoms with Crippen LogP contribution in [0.2, 0.25) is 0 Å². The average molecular weight is 328 g/mol. The summed E-state index contributed by atoms with van der Waals surface area (Å²) >= 11 is 1.45. The summed E-state index contributed by atoms with van der Waals surface area (Å²) in [6.45, 7) is 6.32. The first-order valence-corrected chi connectivity index (χ1v) is 8.26. The number of benzene rings is 1. The van der Waals surface area contributed by atoms with E-state index < -0.39 is 5.97 Å². The highest BCUT2D eigenvalue weighted by Gasteiger charge is 2.17. The van der Waals surface area contributed by atoms with Crippen molar-refractivity contribution in [3.05, 3.63) is 63.4 Å². The Kier molecular flexibility index (Phi) is 5.16. The van der Waals surface area contributed by atoms with Crippen molar-refractivity contribution in [1.29, 1.82) is 0 Å². The van der Waals surface area contributed by atoms with Gasteiger partial charge in [0.25, 0.3) is 0 Å². The Balaban J connectivity index is 2.18. The third-order valence-electron chi connectivity index (χ3n) is 3.56. The summed E-state index contributed by atoms with van der Waals surface area (Å²) in [5, 5.41) is 11.2. The molecule has 2 aromatic rings. The topological polar surface area (TPSA) is 54.4 Å². The molecule has 0 spiro atoms. The molecular weight excluding hydrogens is 308 g/mol. The van der Waals surface area contributed by atoms with Gasteiger partial charge in [-0.15, -0.1) is 11.3 Å². The Hall–Kier alpha value is -2.20. The Morgan fingerprint density at radius 1 is 1.13 bits per heavy atom. The van der Waals surface area contributed by atoms with Gasteiger partial charge >= 0.3 is 5.97 Å². The zero-order chi connectivity index (χ0) is 17.0. The van der Waals surface area contributed by atoms with Crippen molar-refractivity contribution in [2.75, 3.05) is 0 Å². The molecule has 0 fully saturated rings. The normalized spacial score (nSPS) is 12.2. The Labute approximate surface area is 140 Å². The fourth-order valence-electron chi connectivity index (χ4n) is 2.16. The summed E-state index contributed by atoms with van der Waals surface area (Å²) in [7, 11) is 0. The van der Waals surface area contributed by atoms with Crippen LogP contribution in [0, 0.1) is 0 Å². The molecule has 0 aliphatic rings. The molecule has 0 atom stereocenters. The largest absolute Gasteiger partial charge is 0.478 e. The van der Waals surface area contributed by atoms with Crippen LogP contribution in [0.25, 0.3) is 6.08 Å². The lowest BCUT2D eigenvalue weighted by Crippen LogP contribution is -2.12. The number of thiophene rings is 1. The molecule has 4 heteroatoms. The fraction of sp³-hybridized carbons (Fsp3) is 0.263. The maximum absolute atomic E-state index is 12.3. The Bertz CT molecular complexity index is 717. The van der Waals surface area contributed by atoms with Gasteiger partial charge in [0.1, 0.15) is 0 Å². The smallest absolute Gasteiger partial charge is 0.332 e. The van der Waals surface area contributed by atoms with Gasteiger partial charge in [-0.05, 0) is 28.5 Å². The molecule has 0 aliphatic heterocycles. The summed E-state index contributed by atoms with van der Waals surface area (Å²) < 4.78 is 0. The first kappa shape index (κ1) is 17.2. The number of aliphatic carboxylic acids is 1. The molecule has 120 valence electrons. The molecule has 3 nitrogen and oxygen atoms in total. The quantitative estimate of drug-likeness (QED) is 0.634. The van der Waals surface area contributed by atoms with Crippen LogP contribution in [0.1, 0.15) is 48.0 Å². The molecule has 1 heterocycles. The number of carboxylic acid groups (broad SMARTS) is 1. The predicted molar refractivity (Wildman–Crippen MR) is 94.0 cm³/mol. The number of rotatable bonds is 5. The maximum atomic E-state index is 12.3. The van der Waals surface area contributed by atoms with Crippen molar-refractivity contribution in [3.8, 4) is 0 Å². The van der Waals surface area contributed by atoms with Crippen LogP contribution in [0.15, 0.2) is 47.4 Å². The zero-order valence-corrected chi connectivity index (χ0v) is 14.3. The van der Waals surface area contributed by atoms with E-state index in [9.17, 15) is 14.7 Å². The summed E-state index contributed by atoms with van der Waals surface area (Å²) in [5.74, 6) is -1.24. The molecule has 0 aliphatic carbocycles. The Morgan fingerprint density at radius 2 is 1.78 bits per heavy atom. The first-order valence-electron chi connectivity index (χ1n) is 7.38. The van der Waals surface area contributed by atoms with Crippen molar-refractivity contribution in [1.82, 2.24) is 0 Å². The molecule has 1 N–H and O–H groups in total. The van der Waals surface area contributed by atoms with Crippen LogP contribution in [0.5, 0.6) is 0 Å². The number of carbonyl (C=O) groups is 2. The van der Waals surface area contributed by atoms with Gasteiger partial charge < -0.3 is 5.11 Å². The number of carboxylic acids is 1. The lowest BCUT2D eigenvalue weighted by molar-refractivity contribution is -0.132. The third kappa shape index (κ3) is 4.63. The highest BCUT2D eigenvalue weighted by atomic mass is 32.1.